The van der Waals surface area contributed by atoms with Crippen molar-refractivity contribution in [2.75, 3.05) is 13.2 Å². The number of esters is 1. The normalized spacial score (nSPS) is 10.9. The first-order valence-electron chi connectivity index (χ1n) is 6.42. The maximum absolute atomic E-state index is 11.6. The number of ether oxygens (including phenoxy) is 1. The van der Waals surface area contributed by atoms with Crippen LogP contribution in [0.3, 0.4) is 0 Å². The Morgan fingerprint density at radius 2 is 1.89 bits per heavy atom. The number of carbonyl (C=O) groups excluding carboxylic acids is 2. The largest absolute Gasteiger partial charge is 0.465 e. The van der Waals surface area contributed by atoms with Crippen molar-refractivity contribution >= 4 is 11.9 Å². The van der Waals surface area contributed by atoms with Crippen LogP contribution in [0, 0.1) is 5.41 Å². The number of carbonyl (C=O) groups is 2. The summed E-state index contributed by atoms with van der Waals surface area (Å²) in [5.74, 6) is -0.282. The van der Waals surface area contributed by atoms with Crippen LogP contribution in [0.2, 0.25) is 0 Å². The van der Waals surface area contributed by atoms with E-state index in [1.807, 2.05) is 20.8 Å². The van der Waals surface area contributed by atoms with Gasteiger partial charge >= 0.3 is 5.97 Å². The average Bonchev–Trinajstić information content (AvgIpc) is 2.32. The minimum Gasteiger partial charge on any atom is -0.465 e. The Bertz CT molecular complexity index is 308. The fraction of sp³-hybridized carbons (Fsp3) is 0.714. The second kappa shape index (κ2) is 7.90. The molecule has 0 aromatic heterocycles. The molecule has 0 saturated carbocycles. The van der Waals surface area contributed by atoms with E-state index in [2.05, 4.69) is 11.9 Å². The number of rotatable bonds is 8. The third-order valence-electron chi connectivity index (χ3n) is 2.91. The number of hydrogen-bond acceptors (Lipinski definition) is 3. The van der Waals surface area contributed by atoms with E-state index in [0.29, 0.717) is 18.7 Å². The summed E-state index contributed by atoms with van der Waals surface area (Å²) >= 11 is 0. The molecule has 0 aliphatic heterocycles. The van der Waals surface area contributed by atoms with Crippen molar-refractivity contribution in [1.29, 1.82) is 0 Å². The highest BCUT2D eigenvalue weighted by Crippen LogP contribution is 2.21. The molecule has 0 atom stereocenters. The van der Waals surface area contributed by atoms with Crippen molar-refractivity contribution in [1.82, 2.24) is 5.32 Å². The molecule has 0 spiro atoms. The van der Waals surface area contributed by atoms with E-state index >= 15 is 0 Å². The minimum atomic E-state index is -0.409. The summed E-state index contributed by atoms with van der Waals surface area (Å²) in [7, 11) is 0. The van der Waals surface area contributed by atoms with Crippen LogP contribution in [-0.4, -0.2) is 25.0 Å². The maximum Gasteiger partial charge on any atom is 0.311 e. The molecular formula is C14H25NO3. The number of amides is 1. The van der Waals surface area contributed by atoms with Crippen LogP contribution in [0.15, 0.2) is 12.2 Å². The Balaban J connectivity index is 3.61. The van der Waals surface area contributed by atoms with E-state index in [4.69, 9.17) is 4.74 Å². The van der Waals surface area contributed by atoms with Gasteiger partial charge in [0.1, 0.15) is 0 Å². The molecule has 0 aromatic rings. The monoisotopic (exact) mass is 255 g/mol. The van der Waals surface area contributed by atoms with Crippen LogP contribution < -0.4 is 5.32 Å². The highest BCUT2D eigenvalue weighted by atomic mass is 16.5. The zero-order valence-corrected chi connectivity index (χ0v) is 12.0. The minimum absolute atomic E-state index is 0.126. The van der Waals surface area contributed by atoms with Crippen molar-refractivity contribution in [2.24, 2.45) is 5.41 Å². The lowest BCUT2D eigenvalue weighted by atomic mass is 9.91. The molecule has 1 N–H and O–H groups in total. The van der Waals surface area contributed by atoms with Gasteiger partial charge in [-0.15, -0.1) is 0 Å². The van der Waals surface area contributed by atoms with Gasteiger partial charge in [0.05, 0.1) is 12.0 Å². The lowest BCUT2D eigenvalue weighted by Gasteiger charge is -2.20. The van der Waals surface area contributed by atoms with Crippen molar-refractivity contribution in [3.8, 4) is 0 Å². The SMILES string of the molecule is C=C(C)C(=O)NCCCCOC(=O)C(C)(C)CC. The summed E-state index contributed by atoms with van der Waals surface area (Å²) < 4.78 is 5.18. The highest BCUT2D eigenvalue weighted by Gasteiger charge is 2.26. The summed E-state index contributed by atoms with van der Waals surface area (Å²) in [5, 5.41) is 2.73. The number of nitrogens with one attached hydrogen (secondary N) is 1. The summed E-state index contributed by atoms with van der Waals surface area (Å²) in [6.45, 7) is 11.9. The fourth-order valence-electron chi connectivity index (χ4n) is 1.08. The first kappa shape index (κ1) is 16.7. The predicted molar refractivity (Wildman–Crippen MR) is 72.1 cm³/mol. The molecule has 0 heterocycles. The summed E-state index contributed by atoms with van der Waals surface area (Å²) in [6.07, 6.45) is 2.31. The molecule has 4 nitrogen and oxygen atoms in total. The van der Waals surface area contributed by atoms with Gasteiger partial charge in [-0.2, -0.15) is 0 Å². The number of hydrogen-bond donors (Lipinski definition) is 1. The molecular weight excluding hydrogens is 230 g/mol. The summed E-state index contributed by atoms with van der Waals surface area (Å²) in [6, 6.07) is 0. The van der Waals surface area contributed by atoms with Crippen molar-refractivity contribution in [2.45, 2.75) is 47.0 Å². The fourth-order valence-corrected chi connectivity index (χ4v) is 1.08. The van der Waals surface area contributed by atoms with E-state index in [1.165, 1.54) is 0 Å². The van der Waals surface area contributed by atoms with Crippen LogP contribution in [0.25, 0.3) is 0 Å². The van der Waals surface area contributed by atoms with Gasteiger partial charge in [-0.3, -0.25) is 9.59 Å². The van der Waals surface area contributed by atoms with Gasteiger partial charge in [0.15, 0.2) is 0 Å². The zero-order chi connectivity index (χ0) is 14.2. The van der Waals surface area contributed by atoms with E-state index in [0.717, 1.165) is 19.3 Å². The van der Waals surface area contributed by atoms with E-state index in [-0.39, 0.29) is 11.9 Å². The average molecular weight is 255 g/mol. The predicted octanol–water partition coefficient (Wildman–Crippen LogP) is 2.44. The Labute approximate surface area is 110 Å². The standard InChI is InChI=1S/C14H25NO3/c1-6-14(4,5)13(17)18-10-8-7-9-15-12(16)11(2)3/h2,6-10H2,1,3-5H3,(H,15,16). The Kier molecular flexibility index (Phi) is 7.32. The molecule has 0 aromatic carbocycles. The molecule has 0 aliphatic carbocycles. The molecule has 0 rings (SSSR count). The Morgan fingerprint density at radius 1 is 1.28 bits per heavy atom. The van der Waals surface area contributed by atoms with Crippen LogP contribution >= 0.6 is 0 Å². The molecule has 0 aliphatic rings. The van der Waals surface area contributed by atoms with Crippen molar-refractivity contribution < 1.29 is 14.3 Å². The second-order valence-electron chi connectivity index (χ2n) is 5.12. The van der Waals surface area contributed by atoms with Gasteiger partial charge in [0, 0.05) is 12.1 Å². The number of unbranched alkanes of at least 4 members (excludes halogenated alkanes) is 1. The zero-order valence-electron chi connectivity index (χ0n) is 12.0. The lowest BCUT2D eigenvalue weighted by Crippen LogP contribution is -2.27. The van der Waals surface area contributed by atoms with Crippen LogP contribution in [-0.2, 0) is 14.3 Å². The van der Waals surface area contributed by atoms with Gasteiger partial charge < -0.3 is 10.1 Å². The molecule has 0 saturated heterocycles. The third-order valence-corrected chi connectivity index (χ3v) is 2.91. The molecule has 0 radical (unpaired) electrons. The van der Waals surface area contributed by atoms with Gasteiger partial charge in [-0.1, -0.05) is 13.5 Å². The van der Waals surface area contributed by atoms with Crippen molar-refractivity contribution in [3.63, 3.8) is 0 Å². The molecule has 104 valence electrons. The molecule has 18 heavy (non-hydrogen) atoms. The van der Waals surface area contributed by atoms with Gasteiger partial charge in [0.2, 0.25) is 5.91 Å². The van der Waals surface area contributed by atoms with Crippen molar-refractivity contribution in [3.05, 3.63) is 12.2 Å². The second-order valence-corrected chi connectivity index (χ2v) is 5.12. The summed E-state index contributed by atoms with van der Waals surface area (Å²) in [4.78, 5) is 22.8. The first-order chi connectivity index (χ1) is 8.31. The van der Waals surface area contributed by atoms with Gasteiger partial charge in [0.25, 0.3) is 0 Å². The smallest absolute Gasteiger partial charge is 0.311 e. The van der Waals surface area contributed by atoms with E-state index in [1.54, 1.807) is 6.92 Å². The third kappa shape index (κ3) is 6.42. The Hall–Kier alpha value is -1.32. The molecule has 4 heteroatoms. The highest BCUT2D eigenvalue weighted by molar-refractivity contribution is 5.91. The van der Waals surface area contributed by atoms with Crippen LogP contribution in [0.1, 0.15) is 47.0 Å². The maximum atomic E-state index is 11.6. The lowest BCUT2D eigenvalue weighted by molar-refractivity contribution is -0.154. The van der Waals surface area contributed by atoms with E-state index < -0.39 is 5.41 Å². The van der Waals surface area contributed by atoms with E-state index in [9.17, 15) is 9.59 Å². The summed E-state index contributed by atoms with van der Waals surface area (Å²) in [5.41, 5.74) is 0.0971. The molecule has 0 fully saturated rings. The van der Waals surface area contributed by atoms with Gasteiger partial charge in [-0.05, 0) is 40.0 Å². The molecule has 1 amide bonds. The van der Waals surface area contributed by atoms with Gasteiger partial charge in [-0.25, -0.2) is 0 Å². The molecule has 0 bridgehead atoms. The molecule has 0 unspecified atom stereocenters. The van der Waals surface area contributed by atoms with Crippen LogP contribution in [0.4, 0.5) is 0 Å². The quantitative estimate of drug-likeness (QED) is 0.412. The van der Waals surface area contributed by atoms with Crippen LogP contribution in [0.5, 0.6) is 0 Å². The topological polar surface area (TPSA) is 55.4 Å². The first-order valence-corrected chi connectivity index (χ1v) is 6.42. The Morgan fingerprint density at radius 3 is 2.39 bits per heavy atom.